The number of likely N-dealkylation sites (tertiary alicyclic amines) is 1. The lowest BCUT2D eigenvalue weighted by molar-refractivity contribution is -0.885. The zero-order valence-electron chi connectivity index (χ0n) is 14.5. The molecule has 1 aromatic carbocycles. The lowest BCUT2D eigenvalue weighted by atomic mass is 10.0. The maximum absolute atomic E-state index is 12.3. The third-order valence-electron chi connectivity index (χ3n) is 4.30. The summed E-state index contributed by atoms with van der Waals surface area (Å²) in [7, 11) is 4.09. The summed E-state index contributed by atoms with van der Waals surface area (Å²) >= 11 is 6.13. The number of esters is 1. The number of carbonyl (C=O) groups excluding carboxylic acids is 1. The number of ether oxygens (including phenoxy) is 1. The molecule has 1 fully saturated rings. The van der Waals surface area contributed by atoms with Gasteiger partial charge in [0, 0.05) is 25.9 Å². The normalized spacial score (nSPS) is 21.2. The number of hydrazone groups is 1. The van der Waals surface area contributed by atoms with Crippen LogP contribution >= 0.6 is 11.6 Å². The van der Waals surface area contributed by atoms with Gasteiger partial charge in [0.2, 0.25) is 5.84 Å². The minimum atomic E-state index is -0.425. The number of rotatable bonds is 4. The molecule has 0 bridgehead atoms. The first-order chi connectivity index (χ1) is 11.5. The van der Waals surface area contributed by atoms with Crippen molar-refractivity contribution in [2.24, 2.45) is 5.10 Å². The third kappa shape index (κ3) is 4.85. The third-order valence-corrected chi connectivity index (χ3v) is 4.63. The van der Waals surface area contributed by atoms with Crippen LogP contribution in [0.2, 0.25) is 5.02 Å². The smallest absolute Gasteiger partial charge is 0.375 e. The van der Waals surface area contributed by atoms with Gasteiger partial charge >= 0.3 is 5.97 Å². The minimum absolute atomic E-state index is 0.279. The second-order valence-corrected chi connectivity index (χ2v) is 6.45. The summed E-state index contributed by atoms with van der Waals surface area (Å²) in [4.78, 5) is 15.8. The number of halogens is 1. The van der Waals surface area contributed by atoms with Crippen LogP contribution in [0.25, 0.3) is 0 Å². The SMILES string of the molecule is CCOC(=O)/C(=N/Nc1ccccc1Cl)N(C)C1CC[NH+](C)CC1. The summed E-state index contributed by atoms with van der Waals surface area (Å²) < 4.78 is 5.17. The van der Waals surface area contributed by atoms with Crippen LogP contribution in [0.4, 0.5) is 5.69 Å². The average molecular weight is 354 g/mol. The number of anilines is 1. The van der Waals surface area contributed by atoms with Gasteiger partial charge in [0.05, 0.1) is 37.5 Å². The number of nitrogens with one attached hydrogen (secondary N) is 2. The Morgan fingerprint density at radius 2 is 2.08 bits per heavy atom. The molecule has 2 N–H and O–H groups in total. The Hall–Kier alpha value is -1.79. The molecule has 0 amide bonds. The quantitative estimate of drug-likeness (QED) is 0.370. The van der Waals surface area contributed by atoms with Crippen LogP contribution in [-0.2, 0) is 9.53 Å². The van der Waals surface area contributed by atoms with E-state index in [1.54, 1.807) is 13.0 Å². The predicted octanol–water partition coefficient (Wildman–Crippen LogP) is 1.24. The molecular formula is C17H26ClN4O2+. The topological polar surface area (TPSA) is 58.4 Å². The molecule has 1 aromatic rings. The highest BCUT2D eigenvalue weighted by Crippen LogP contribution is 2.20. The van der Waals surface area contributed by atoms with Gasteiger partial charge in [0.15, 0.2) is 0 Å². The molecule has 0 unspecified atom stereocenters. The van der Waals surface area contributed by atoms with E-state index in [0.717, 1.165) is 25.9 Å². The second-order valence-electron chi connectivity index (χ2n) is 6.05. The number of benzene rings is 1. The van der Waals surface area contributed by atoms with Gasteiger partial charge in [0.25, 0.3) is 0 Å². The molecule has 2 rings (SSSR count). The molecule has 0 atom stereocenters. The fourth-order valence-corrected chi connectivity index (χ4v) is 2.96. The summed E-state index contributed by atoms with van der Waals surface area (Å²) in [5, 5.41) is 4.85. The van der Waals surface area contributed by atoms with Crippen LogP contribution in [0, 0.1) is 0 Å². The molecule has 0 aromatic heterocycles. The van der Waals surface area contributed by atoms with Crippen molar-refractivity contribution >= 4 is 29.1 Å². The van der Waals surface area contributed by atoms with Crippen LogP contribution in [0.3, 0.4) is 0 Å². The molecule has 1 saturated heterocycles. The van der Waals surface area contributed by atoms with E-state index in [1.807, 2.05) is 30.1 Å². The zero-order valence-corrected chi connectivity index (χ0v) is 15.3. The first kappa shape index (κ1) is 18.5. The molecule has 7 heteroatoms. The summed E-state index contributed by atoms with van der Waals surface area (Å²) in [5.74, 6) is -0.146. The van der Waals surface area contributed by atoms with Gasteiger partial charge < -0.3 is 14.5 Å². The highest BCUT2D eigenvalue weighted by molar-refractivity contribution is 6.35. The van der Waals surface area contributed by atoms with Crippen LogP contribution < -0.4 is 10.3 Å². The molecule has 24 heavy (non-hydrogen) atoms. The van der Waals surface area contributed by atoms with Crippen molar-refractivity contribution in [1.29, 1.82) is 0 Å². The van der Waals surface area contributed by atoms with Crippen molar-refractivity contribution in [2.45, 2.75) is 25.8 Å². The van der Waals surface area contributed by atoms with Gasteiger partial charge in [-0.25, -0.2) is 4.79 Å². The number of amidine groups is 1. The highest BCUT2D eigenvalue weighted by atomic mass is 35.5. The number of piperidine rings is 1. The Labute approximate surface area is 148 Å². The second kappa shape index (κ2) is 8.89. The van der Waals surface area contributed by atoms with Crippen LogP contribution in [0.1, 0.15) is 19.8 Å². The maximum Gasteiger partial charge on any atom is 0.375 e. The predicted molar refractivity (Wildman–Crippen MR) is 96.5 cm³/mol. The Bertz CT molecular complexity index is 586. The first-order valence-electron chi connectivity index (χ1n) is 8.32. The number of hydrogen-bond acceptors (Lipinski definition) is 4. The molecule has 1 aliphatic rings. The summed E-state index contributed by atoms with van der Waals surface area (Å²) in [5.41, 5.74) is 3.54. The number of hydrogen-bond donors (Lipinski definition) is 2. The van der Waals surface area contributed by atoms with E-state index in [-0.39, 0.29) is 11.9 Å². The van der Waals surface area contributed by atoms with Gasteiger partial charge in [-0.05, 0) is 19.1 Å². The van der Waals surface area contributed by atoms with Gasteiger partial charge in [0.1, 0.15) is 0 Å². The average Bonchev–Trinajstić information content (AvgIpc) is 2.57. The number of quaternary nitrogens is 1. The number of likely N-dealkylation sites (N-methyl/N-ethyl adjacent to an activating group) is 1. The van der Waals surface area contributed by atoms with Crippen LogP contribution in [0.15, 0.2) is 29.4 Å². The number of carbonyl (C=O) groups is 1. The molecule has 132 valence electrons. The number of para-hydroxylation sites is 1. The highest BCUT2D eigenvalue weighted by Gasteiger charge is 2.29. The van der Waals surface area contributed by atoms with Gasteiger partial charge in [-0.1, -0.05) is 23.7 Å². The fourth-order valence-electron chi connectivity index (χ4n) is 2.78. The minimum Gasteiger partial charge on any atom is -0.460 e. The summed E-state index contributed by atoms with van der Waals surface area (Å²) in [6, 6.07) is 7.57. The largest absolute Gasteiger partial charge is 0.460 e. The van der Waals surface area contributed by atoms with Crippen molar-refractivity contribution in [3.8, 4) is 0 Å². The van der Waals surface area contributed by atoms with Crippen molar-refractivity contribution in [3.63, 3.8) is 0 Å². The van der Waals surface area contributed by atoms with Gasteiger partial charge in [-0.3, -0.25) is 5.43 Å². The monoisotopic (exact) mass is 353 g/mol. The molecule has 0 radical (unpaired) electrons. The van der Waals surface area contributed by atoms with Crippen molar-refractivity contribution < 1.29 is 14.4 Å². The zero-order chi connectivity index (χ0) is 17.5. The molecular weight excluding hydrogens is 328 g/mol. The molecule has 6 nitrogen and oxygen atoms in total. The first-order valence-corrected chi connectivity index (χ1v) is 8.70. The Kier molecular flexibility index (Phi) is 6.87. The summed E-state index contributed by atoms with van der Waals surface area (Å²) in [6.45, 7) is 4.28. The Morgan fingerprint density at radius 3 is 2.71 bits per heavy atom. The Morgan fingerprint density at radius 1 is 1.42 bits per heavy atom. The maximum atomic E-state index is 12.3. The van der Waals surface area contributed by atoms with Crippen molar-refractivity contribution in [3.05, 3.63) is 29.3 Å². The van der Waals surface area contributed by atoms with E-state index < -0.39 is 5.97 Å². The standard InChI is InChI=1S/C17H25ClN4O2/c1-4-24-17(23)16(20-19-15-8-6-5-7-14(15)18)22(3)13-9-11-21(2)12-10-13/h5-8,13,19H,4,9-12H2,1-3H3/p+1/b20-16-. The van der Waals surface area contributed by atoms with Crippen LogP contribution in [-0.4, -0.2) is 56.5 Å². The lowest BCUT2D eigenvalue weighted by Gasteiger charge is -2.34. The van der Waals surface area contributed by atoms with E-state index in [1.165, 1.54) is 4.90 Å². The van der Waals surface area contributed by atoms with E-state index >= 15 is 0 Å². The molecule has 1 aliphatic heterocycles. The van der Waals surface area contributed by atoms with Gasteiger partial charge in [-0.15, -0.1) is 5.10 Å². The Balaban J connectivity index is 2.16. The molecule has 1 heterocycles. The van der Waals surface area contributed by atoms with Crippen LogP contribution in [0.5, 0.6) is 0 Å². The molecule has 0 spiro atoms. The van der Waals surface area contributed by atoms with E-state index in [9.17, 15) is 4.79 Å². The van der Waals surface area contributed by atoms with E-state index in [4.69, 9.17) is 16.3 Å². The van der Waals surface area contributed by atoms with E-state index in [0.29, 0.717) is 17.3 Å². The van der Waals surface area contributed by atoms with Crippen molar-refractivity contribution in [1.82, 2.24) is 4.90 Å². The van der Waals surface area contributed by atoms with Crippen molar-refractivity contribution in [2.75, 3.05) is 39.2 Å². The fraction of sp³-hybridized carbons (Fsp3) is 0.529. The lowest BCUT2D eigenvalue weighted by Crippen LogP contribution is -3.10. The van der Waals surface area contributed by atoms with Gasteiger partial charge in [-0.2, -0.15) is 0 Å². The summed E-state index contributed by atoms with van der Waals surface area (Å²) in [6.07, 6.45) is 2.04. The van der Waals surface area contributed by atoms with E-state index in [2.05, 4.69) is 17.6 Å². The number of nitrogens with zero attached hydrogens (tertiary/aromatic N) is 2. The molecule has 0 saturated carbocycles. The molecule has 0 aliphatic carbocycles.